The van der Waals surface area contributed by atoms with Crippen molar-refractivity contribution in [3.8, 4) is 11.6 Å². The van der Waals surface area contributed by atoms with Gasteiger partial charge in [0.05, 0.1) is 0 Å². The molecule has 2 rings (SSSR count). The van der Waals surface area contributed by atoms with Crippen LogP contribution in [0.4, 0.5) is 0 Å². The summed E-state index contributed by atoms with van der Waals surface area (Å²) in [4.78, 5) is 21.6. The molecule has 0 saturated heterocycles. The highest BCUT2D eigenvalue weighted by atomic mass is 16.4. The van der Waals surface area contributed by atoms with Crippen molar-refractivity contribution in [3.05, 3.63) is 33.0 Å². The standard InChI is InChI=1S/C7H6N4O3/c1-11-5(12)3-2-4(10-11)6-8-9-7(13)14-6/h2-3H,1H3,(H,9,13). The van der Waals surface area contributed by atoms with Crippen molar-refractivity contribution in [1.82, 2.24) is 20.0 Å². The number of aromatic amines is 1. The van der Waals surface area contributed by atoms with E-state index in [1.807, 2.05) is 0 Å². The van der Waals surface area contributed by atoms with E-state index in [1.165, 1.54) is 19.2 Å². The van der Waals surface area contributed by atoms with Gasteiger partial charge in [0, 0.05) is 13.1 Å². The Bertz CT molecular complexity index is 565. The molecule has 2 aromatic heterocycles. The highest BCUT2D eigenvalue weighted by Gasteiger charge is 2.07. The zero-order valence-electron chi connectivity index (χ0n) is 7.22. The molecule has 0 spiro atoms. The Balaban J connectivity index is 2.58. The summed E-state index contributed by atoms with van der Waals surface area (Å²) < 4.78 is 5.79. The molecule has 72 valence electrons. The Kier molecular flexibility index (Phi) is 1.77. The molecule has 2 aromatic rings. The van der Waals surface area contributed by atoms with Gasteiger partial charge in [-0.05, 0) is 6.07 Å². The molecule has 14 heavy (non-hydrogen) atoms. The number of H-pyrrole nitrogens is 1. The topological polar surface area (TPSA) is 93.8 Å². The summed E-state index contributed by atoms with van der Waals surface area (Å²) in [5.74, 6) is -0.596. The van der Waals surface area contributed by atoms with E-state index in [1.54, 1.807) is 0 Å². The fourth-order valence-electron chi connectivity index (χ4n) is 0.956. The average molecular weight is 194 g/mol. The Hall–Kier alpha value is -2.18. The van der Waals surface area contributed by atoms with Crippen LogP contribution in [0.25, 0.3) is 11.6 Å². The molecular formula is C7H6N4O3. The lowest BCUT2D eigenvalue weighted by molar-refractivity contribution is 0.521. The van der Waals surface area contributed by atoms with Gasteiger partial charge >= 0.3 is 5.76 Å². The van der Waals surface area contributed by atoms with Gasteiger partial charge in [-0.25, -0.2) is 14.6 Å². The van der Waals surface area contributed by atoms with Crippen molar-refractivity contribution in [3.63, 3.8) is 0 Å². The van der Waals surface area contributed by atoms with Crippen LogP contribution in [-0.2, 0) is 7.05 Å². The third kappa shape index (κ3) is 1.35. The molecule has 0 aromatic carbocycles. The Morgan fingerprint density at radius 2 is 2.21 bits per heavy atom. The van der Waals surface area contributed by atoms with Crippen molar-refractivity contribution in [2.45, 2.75) is 0 Å². The van der Waals surface area contributed by atoms with Crippen LogP contribution in [-0.4, -0.2) is 20.0 Å². The fourth-order valence-corrected chi connectivity index (χ4v) is 0.956. The van der Waals surface area contributed by atoms with Crippen LogP contribution in [0.15, 0.2) is 26.1 Å². The first kappa shape index (κ1) is 8.42. The summed E-state index contributed by atoms with van der Waals surface area (Å²) in [6, 6.07) is 2.75. The van der Waals surface area contributed by atoms with Crippen molar-refractivity contribution in [2.24, 2.45) is 7.05 Å². The molecule has 0 fully saturated rings. The number of nitrogens with one attached hydrogen (secondary N) is 1. The van der Waals surface area contributed by atoms with Crippen LogP contribution in [0, 0.1) is 0 Å². The van der Waals surface area contributed by atoms with Gasteiger partial charge in [-0.15, -0.1) is 5.10 Å². The van der Waals surface area contributed by atoms with Crippen molar-refractivity contribution in [1.29, 1.82) is 0 Å². The lowest BCUT2D eigenvalue weighted by Gasteiger charge is -1.96. The highest BCUT2D eigenvalue weighted by Crippen LogP contribution is 2.07. The monoisotopic (exact) mass is 194 g/mol. The summed E-state index contributed by atoms with van der Waals surface area (Å²) >= 11 is 0. The van der Waals surface area contributed by atoms with E-state index in [2.05, 4.69) is 19.7 Å². The fraction of sp³-hybridized carbons (Fsp3) is 0.143. The van der Waals surface area contributed by atoms with Gasteiger partial charge in [0.1, 0.15) is 5.69 Å². The molecular weight excluding hydrogens is 188 g/mol. The molecule has 7 nitrogen and oxygen atoms in total. The predicted octanol–water partition coefficient (Wildman–Crippen LogP) is -0.876. The molecule has 0 aliphatic heterocycles. The number of aryl methyl sites for hydroxylation is 1. The van der Waals surface area contributed by atoms with Gasteiger partial charge in [-0.2, -0.15) is 5.10 Å². The summed E-state index contributed by atoms with van der Waals surface area (Å²) in [7, 11) is 1.50. The zero-order valence-corrected chi connectivity index (χ0v) is 7.22. The first-order chi connectivity index (χ1) is 6.66. The maximum absolute atomic E-state index is 11.0. The van der Waals surface area contributed by atoms with E-state index in [9.17, 15) is 9.59 Å². The lowest BCUT2D eigenvalue weighted by atomic mass is 10.4. The minimum absolute atomic E-state index is 0.0607. The van der Waals surface area contributed by atoms with Crippen LogP contribution < -0.4 is 11.3 Å². The summed E-state index contributed by atoms with van der Waals surface area (Å²) in [6.45, 7) is 0. The third-order valence-electron chi connectivity index (χ3n) is 1.62. The molecule has 7 heteroatoms. The molecule has 0 aliphatic rings. The summed E-state index contributed by atoms with van der Waals surface area (Å²) in [6.07, 6.45) is 0. The van der Waals surface area contributed by atoms with Crippen LogP contribution in [0.2, 0.25) is 0 Å². The maximum Gasteiger partial charge on any atom is 0.434 e. The first-order valence-corrected chi connectivity index (χ1v) is 3.77. The van der Waals surface area contributed by atoms with E-state index in [-0.39, 0.29) is 11.4 Å². The molecule has 0 aliphatic carbocycles. The minimum Gasteiger partial charge on any atom is -0.386 e. The molecule has 0 unspecified atom stereocenters. The lowest BCUT2D eigenvalue weighted by Crippen LogP contribution is -2.18. The van der Waals surface area contributed by atoms with Gasteiger partial charge in [0.2, 0.25) is 0 Å². The van der Waals surface area contributed by atoms with Crippen LogP contribution in [0.3, 0.4) is 0 Å². The van der Waals surface area contributed by atoms with Gasteiger partial charge in [-0.3, -0.25) is 4.79 Å². The quantitative estimate of drug-likeness (QED) is 0.636. The average Bonchev–Trinajstić information content (AvgIpc) is 2.57. The first-order valence-electron chi connectivity index (χ1n) is 3.77. The molecule has 0 bridgehead atoms. The number of nitrogens with zero attached hydrogens (tertiary/aromatic N) is 3. The van der Waals surface area contributed by atoms with Crippen molar-refractivity contribution >= 4 is 0 Å². The normalized spacial score (nSPS) is 10.4. The number of aromatic nitrogens is 4. The number of rotatable bonds is 1. The van der Waals surface area contributed by atoms with Gasteiger partial charge in [0.25, 0.3) is 11.4 Å². The van der Waals surface area contributed by atoms with Gasteiger partial charge in [0.15, 0.2) is 0 Å². The van der Waals surface area contributed by atoms with Crippen LogP contribution in [0.1, 0.15) is 0 Å². The second kappa shape index (κ2) is 2.95. The molecule has 1 N–H and O–H groups in total. The highest BCUT2D eigenvalue weighted by molar-refractivity contribution is 5.43. The van der Waals surface area contributed by atoms with Crippen LogP contribution >= 0.6 is 0 Å². The smallest absolute Gasteiger partial charge is 0.386 e. The molecule has 0 atom stereocenters. The maximum atomic E-state index is 11.0. The molecule has 0 saturated carbocycles. The van der Waals surface area contributed by atoms with Crippen molar-refractivity contribution in [2.75, 3.05) is 0 Å². The summed E-state index contributed by atoms with van der Waals surface area (Å²) in [5, 5.41) is 9.52. The second-order valence-corrected chi connectivity index (χ2v) is 2.60. The number of hydrogen-bond donors (Lipinski definition) is 1. The third-order valence-corrected chi connectivity index (χ3v) is 1.62. The van der Waals surface area contributed by atoms with E-state index in [0.29, 0.717) is 5.69 Å². The van der Waals surface area contributed by atoms with E-state index in [4.69, 9.17) is 0 Å². The summed E-state index contributed by atoms with van der Waals surface area (Å²) in [5.41, 5.74) is 0.0806. The van der Waals surface area contributed by atoms with E-state index < -0.39 is 5.76 Å². The SMILES string of the molecule is Cn1nc(-c2n[nH]c(=O)o2)ccc1=O. The van der Waals surface area contributed by atoms with Crippen molar-refractivity contribution < 1.29 is 4.42 Å². The minimum atomic E-state index is -0.657. The molecule has 0 amide bonds. The van der Waals surface area contributed by atoms with Gasteiger partial charge in [-0.1, -0.05) is 0 Å². The Labute approximate surface area is 77.0 Å². The molecule has 0 radical (unpaired) electrons. The Morgan fingerprint density at radius 3 is 2.79 bits per heavy atom. The van der Waals surface area contributed by atoms with E-state index in [0.717, 1.165) is 4.68 Å². The second-order valence-electron chi connectivity index (χ2n) is 2.60. The number of hydrogen-bond acceptors (Lipinski definition) is 5. The Morgan fingerprint density at radius 1 is 1.43 bits per heavy atom. The van der Waals surface area contributed by atoms with E-state index >= 15 is 0 Å². The van der Waals surface area contributed by atoms with Gasteiger partial charge < -0.3 is 4.42 Å². The van der Waals surface area contributed by atoms with Crippen LogP contribution in [0.5, 0.6) is 0 Å². The molecule has 2 heterocycles. The largest absolute Gasteiger partial charge is 0.434 e. The predicted molar refractivity (Wildman–Crippen MR) is 45.6 cm³/mol. The zero-order chi connectivity index (χ0) is 10.1.